The lowest BCUT2D eigenvalue weighted by Gasteiger charge is -2.01. The summed E-state index contributed by atoms with van der Waals surface area (Å²) in [5.74, 6) is 2.28. The molecule has 0 saturated heterocycles. The predicted octanol–water partition coefficient (Wildman–Crippen LogP) is 1.06. The van der Waals surface area contributed by atoms with Crippen LogP contribution in [0, 0.1) is 0 Å². The van der Waals surface area contributed by atoms with Crippen molar-refractivity contribution in [3.8, 4) is 11.6 Å². The summed E-state index contributed by atoms with van der Waals surface area (Å²) >= 11 is 0. The average Bonchev–Trinajstić information content (AvgIpc) is 2.97. The van der Waals surface area contributed by atoms with Crippen LogP contribution in [-0.4, -0.2) is 25.7 Å². The largest absolute Gasteiger partial charge is 0.339 e. The van der Waals surface area contributed by atoms with Crippen molar-refractivity contribution in [2.45, 2.75) is 31.2 Å². The molecule has 1 aliphatic carbocycles. The molecule has 0 aromatic carbocycles. The Morgan fingerprint density at radius 1 is 1.47 bits per heavy atom. The van der Waals surface area contributed by atoms with Gasteiger partial charge in [-0.1, -0.05) is 5.16 Å². The first kappa shape index (κ1) is 10.5. The maximum absolute atomic E-state index is 5.88. The van der Waals surface area contributed by atoms with Gasteiger partial charge in [0.1, 0.15) is 0 Å². The number of hydrogen-bond donors (Lipinski definition) is 1. The third-order valence-electron chi connectivity index (χ3n) is 3.29. The molecule has 90 valence electrons. The van der Waals surface area contributed by atoms with E-state index in [0.29, 0.717) is 17.6 Å². The van der Waals surface area contributed by atoms with Gasteiger partial charge in [0.2, 0.25) is 11.7 Å². The third kappa shape index (κ3) is 1.84. The quantitative estimate of drug-likeness (QED) is 0.838. The summed E-state index contributed by atoms with van der Waals surface area (Å²) in [4.78, 5) is 8.61. The lowest BCUT2D eigenvalue weighted by molar-refractivity contribution is 0.353. The summed E-state index contributed by atoms with van der Waals surface area (Å²) in [6.45, 7) is 0. The van der Waals surface area contributed by atoms with Gasteiger partial charge < -0.3 is 14.8 Å². The minimum atomic E-state index is 0.267. The van der Waals surface area contributed by atoms with Gasteiger partial charge in [0, 0.05) is 31.4 Å². The van der Waals surface area contributed by atoms with Crippen LogP contribution in [0.25, 0.3) is 11.6 Å². The first-order chi connectivity index (χ1) is 8.24. The van der Waals surface area contributed by atoms with Crippen molar-refractivity contribution >= 4 is 0 Å². The third-order valence-corrected chi connectivity index (χ3v) is 3.29. The summed E-state index contributed by atoms with van der Waals surface area (Å²) in [6.07, 6.45) is 6.57. The smallest absolute Gasteiger partial charge is 0.238 e. The van der Waals surface area contributed by atoms with E-state index in [1.807, 2.05) is 17.8 Å². The van der Waals surface area contributed by atoms with Gasteiger partial charge in [0.25, 0.3) is 0 Å². The molecular weight excluding hydrogens is 218 g/mol. The molecule has 0 aliphatic heterocycles. The molecule has 1 aliphatic rings. The molecule has 6 nitrogen and oxygen atoms in total. The van der Waals surface area contributed by atoms with Crippen molar-refractivity contribution in [1.29, 1.82) is 0 Å². The van der Waals surface area contributed by atoms with E-state index in [0.717, 1.165) is 25.1 Å². The van der Waals surface area contributed by atoms with Crippen LogP contribution in [0.5, 0.6) is 0 Å². The maximum atomic E-state index is 5.88. The maximum Gasteiger partial charge on any atom is 0.238 e. The molecule has 0 spiro atoms. The Morgan fingerprint density at radius 3 is 3.00 bits per heavy atom. The first-order valence-corrected chi connectivity index (χ1v) is 5.81. The Bertz CT molecular complexity index is 517. The second kappa shape index (κ2) is 3.96. The predicted molar refractivity (Wildman–Crippen MR) is 61.1 cm³/mol. The van der Waals surface area contributed by atoms with Crippen molar-refractivity contribution in [3.63, 3.8) is 0 Å². The molecule has 2 atom stereocenters. The van der Waals surface area contributed by atoms with E-state index in [9.17, 15) is 0 Å². The summed E-state index contributed by atoms with van der Waals surface area (Å²) in [6, 6.07) is 0.267. The first-order valence-electron chi connectivity index (χ1n) is 5.81. The highest BCUT2D eigenvalue weighted by molar-refractivity contribution is 5.42. The highest BCUT2D eigenvalue weighted by Gasteiger charge is 2.28. The standard InChI is InChI=1S/C11H15N5O/c1-16-5-4-13-10(16)9-14-11(17-15-9)7-2-3-8(12)6-7/h4-5,7-8H,2-3,6,12H2,1H3. The highest BCUT2D eigenvalue weighted by atomic mass is 16.5. The monoisotopic (exact) mass is 233 g/mol. The zero-order valence-electron chi connectivity index (χ0n) is 9.71. The Hall–Kier alpha value is -1.69. The minimum Gasteiger partial charge on any atom is -0.339 e. The van der Waals surface area contributed by atoms with Gasteiger partial charge in [0.15, 0.2) is 5.82 Å². The van der Waals surface area contributed by atoms with Crippen molar-refractivity contribution in [2.75, 3.05) is 0 Å². The SMILES string of the molecule is Cn1ccnc1-c1noc(C2CCC(N)C2)n1. The van der Waals surface area contributed by atoms with Crippen LogP contribution in [0.4, 0.5) is 0 Å². The Kier molecular flexibility index (Phi) is 2.44. The molecule has 2 unspecified atom stereocenters. The number of nitrogens with zero attached hydrogens (tertiary/aromatic N) is 4. The van der Waals surface area contributed by atoms with Gasteiger partial charge in [-0.2, -0.15) is 4.98 Å². The lowest BCUT2D eigenvalue weighted by atomic mass is 10.1. The van der Waals surface area contributed by atoms with Crippen molar-refractivity contribution < 1.29 is 4.52 Å². The van der Waals surface area contributed by atoms with E-state index in [1.54, 1.807) is 6.20 Å². The van der Waals surface area contributed by atoms with Gasteiger partial charge in [-0.15, -0.1) is 0 Å². The van der Waals surface area contributed by atoms with Crippen LogP contribution in [-0.2, 0) is 7.05 Å². The summed E-state index contributed by atoms with van der Waals surface area (Å²) in [5.41, 5.74) is 5.88. The number of aromatic nitrogens is 4. The molecule has 2 heterocycles. The fourth-order valence-corrected chi connectivity index (χ4v) is 2.31. The molecule has 0 amide bonds. The van der Waals surface area contributed by atoms with E-state index < -0.39 is 0 Å². The normalized spacial score (nSPS) is 24.4. The number of imidazole rings is 1. The van der Waals surface area contributed by atoms with Crippen molar-refractivity contribution in [3.05, 3.63) is 18.3 Å². The van der Waals surface area contributed by atoms with Crippen LogP contribution in [0.3, 0.4) is 0 Å². The number of rotatable bonds is 2. The fraction of sp³-hybridized carbons (Fsp3) is 0.545. The van der Waals surface area contributed by atoms with Crippen LogP contribution in [0.2, 0.25) is 0 Å². The van der Waals surface area contributed by atoms with Crippen molar-refractivity contribution in [1.82, 2.24) is 19.7 Å². The van der Waals surface area contributed by atoms with E-state index in [-0.39, 0.29) is 6.04 Å². The van der Waals surface area contributed by atoms with Crippen LogP contribution < -0.4 is 5.73 Å². The number of nitrogens with two attached hydrogens (primary N) is 1. The molecule has 2 N–H and O–H groups in total. The Balaban J connectivity index is 1.86. The topological polar surface area (TPSA) is 82.8 Å². The number of hydrogen-bond acceptors (Lipinski definition) is 5. The molecule has 3 rings (SSSR count). The summed E-state index contributed by atoms with van der Waals surface area (Å²) < 4.78 is 7.18. The molecule has 2 aromatic heterocycles. The van der Waals surface area contributed by atoms with Crippen LogP contribution in [0.1, 0.15) is 31.1 Å². The second-order valence-corrected chi connectivity index (χ2v) is 4.59. The van der Waals surface area contributed by atoms with Crippen LogP contribution >= 0.6 is 0 Å². The second-order valence-electron chi connectivity index (χ2n) is 4.59. The highest BCUT2D eigenvalue weighted by Crippen LogP contribution is 2.33. The molecule has 2 aromatic rings. The molecule has 1 saturated carbocycles. The van der Waals surface area contributed by atoms with Gasteiger partial charge in [-0.25, -0.2) is 4.98 Å². The van der Waals surface area contributed by atoms with Gasteiger partial charge in [-0.3, -0.25) is 0 Å². The molecule has 17 heavy (non-hydrogen) atoms. The van der Waals surface area contributed by atoms with Crippen LogP contribution in [0.15, 0.2) is 16.9 Å². The van der Waals surface area contributed by atoms with E-state index in [2.05, 4.69) is 15.1 Å². The Morgan fingerprint density at radius 2 is 2.35 bits per heavy atom. The summed E-state index contributed by atoms with van der Waals surface area (Å²) in [7, 11) is 1.91. The summed E-state index contributed by atoms with van der Waals surface area (Å²) in [5, 5.41) is 3.98. The average molecular weight is 233 g/mol. The fourth-order valence-electron chi connectivity index (χ4n) is 2.31. The van der Waals surface area contributed by atoms with E-state index in [1.165, 1.54) is 0 Å². The minimum absolute atomic E-state index is 0.267. The van der Waals surface area contributed by atoms with Gasteiger partial charge in [0.05, 0.1) is 0 Å². The molecule has 0 radical (unpaired) electrons. The molecule has 6 heteroatoms. The van der Waals surface area contributed by atoms with Gasteiger partial charge >= 0.3 is 0 Å². The lowest BCUT2D eigenvalue weighted by Crippen LogP contribution is -2.14. The van der Waals surface area contributed by atoms with Crippen molar-refractivity contribution in [2.24, 2.45) is 12.8 Å². The van der Waals surface area contributed by atoms with E-state index in [4.69, 9.17) is 10.3 Å². The molecular formula is C11H15N5O. The molecule has 0 bridgehead atoms. The zero-order valence-corrected chi connectivity index (χ0v) is 9.71. The Labute approximate surface area is 98.8 Å². The molecule has 1 fully saturated rings. The van der Waals surface area contributed by atoms with E-state index >= 15 is 0 Å². The van der Waals surface area contributed by atoms with Gasteiger partial charge in [-0.05, 0) is 19.3 Å². The number of aryl methyl sites for hydroxylation is 1. The zero-order chi connectivity index (χ0) is 11.8.